The van der Waals surface area contributed by atoms with E-state index < -0.39 is 0 Å². The van der Waals surface area contributed by atoms with Crippen LogP contribution in [0.5, 0.6) is 0 Å². The molecular weight excluding hydrogens is 363 g/mol. The Morgan fingerprint density at radius 1 is 0.931 bits per heavy atom. The summed E-state index contributed by atoms with van der Waals surface area (Å²) in [4.78, 5) is 2.75. The van der Waals surface area contributed by atoms with E-state index in [1.165, 1.54) is 76.7 Å². The van der Waals surface area contributed by atoms with Crippen LogP contribution in [0, 0.1) is 23.6 Å². The van der Waals surface area contributed by atoms with Crippen molar-refractivity contribution in [3.63, 3.8) is 0 Å². The Kier molecular flexibility index (Phi) is 5.49. The van der Waals surface area contributed by atoms with Gasteiger partial charge >= 0.3 is 0 Å². The van der Waals surface area contributed by atoms with Gasteiger partial charge in [0.1, 0.15) is 11.6 Å². The van der Waals surface area contributed by atoms with E-state index in [1.807, 2.05) is 12.1 Å². The number of hydrogen-bond donors (Lipinski definition) is 1. The fraction of sp³-hybridized carbons (Fsp3) is 0.583. The summed E-state index contributed by atoms with van der Waals surface area (Å²) >= 11 is 0. The molecular formula is C24H33FN4. The van der Waals surface area contributed by atoms with Crippen molar-refractivity contribution in [3.05, 3.63) is 42.2 Å². The molecule has 3 aliphatic rings. The predicted octanol–water partition coefficient (Wildman–Crippen LogP) is 5.23. The molecule has 3 atom stereocenters. The van der Waals surface area contributed by atoms with E-state index in [-0.39, 0.29) is 7.24 Å². The van der Waals surface area contributed by atoms with Gasteiger partial charge in [0.25, 0.3) is 0 Å². The first-order valence-corrected chi connectivity index (χ1v) is 11.3. The summed E-state index contributed by atoms with van der Waals surface area (Å²) in [6, 6.07) is 10.9. The van der Waals surface area contributed by atoms with Crippen molar-refractivity contribution in [1.82, 2.24) is 15.1 Å². The molecule has 2 aromatic rings. The summed E-state index contributed by atoms with van der Waals surface area (Å²) in [6.45, 7) is 3.91. The number of nitrogens with one attached hydrogen (secondary N) is 1. The van der Waals surface area contributed by atoms with Crippen LogP contribution in [-0.2, 0) is 0 Å². The molecule has 1 aliphatic heterocycles. The largest absolute Gasteiger partial charge is 0.366 e. The van der Waals surface area contributed by atoms with E-state index >= 15 is 0 Å². The number of nitrogens with zero attached hydrogens (tertiary/aromatic N) is 3. The summed E-state index contributed by atoms with van der Waals surface area (Å²) in [5.74, 6) is 3.24. The Morgan fingerprint density at radius 3 is 2.31 bits per heavy atom. The number of aromatic nitrogens is 2. The van der Waals surface area contributed by atoms with Gasteiger partial charge in [-0.25, -0.2) is 4.39 Å². The molecule has 156 valence electrons. The molecule has 2 heterocycles. The molecule has 0 radical (unpaired) electrons. The van der Waals surface area contributed by atoms with E-state index in [4.69, 9.17) is 0 Å². The first-order chi connectivity index (χ1) is 14.2. The van der Waals surface area contributed by atoms with Crippen LogP contribution in [0.3, 0.4) is 0 Å². The third kappa shape index (κ3) is 4.45. The number of likely N-dealkylation sites (tertiary alicyclic amines) is 1. The number of halogens is 1. The van der Waals surface area contributed by atoms with Gasteiger partial charge in [-0.15, -0.1) is 10.2 Å². The molecule has 1 unspecified atom stereocenters. The highest BCUT2D eigenvalue weighted by atomic mass is 19.1. The van der Waals surface area contributed by atoms with Crippen molar-refractivity contribution < 1.29 is 5.82 Å². The number of hydrogen-bond acceptors (Lipinski definition) is 4. The Morgan fingerprint density at radius 2 is 1.66 bits per heavy atom. The fourth-order valence-corrected chi connectivity index (χ4v) is 5.79. The molecule has 4 nitrogen and oxygen atoms in total. The van der Waals surface area contributed by atoms with Gasteiger partial charge in [-0.1, -0.05) is 19.3 Å². The molecule has 1 aromatic carbocycles. The lowest BCUT2D eigenvalue weighted by Gasteiger charge is -2.27. The molecule has 1 aromatic heterocycles. The van der Waals surface area contributed by atoms with Gasteiger partial charge in [0.2, 0.25) is 0 Å². The van der Waals surface area contributed by atoms with Crippen molar-refractivity contribution in [2.24, 2.45) is 17.8 Å². The van der Waals surface area contributed by atoms with Gasteiger partial charge in [0.15, 0.2) is 0 Å². The average Bonchev–Trinajstić information content (AvgIpc) is 3.28. The van der Waals surface area contributed by atoms with Gasteiger partial charge in [0, 0.05) is 32.7 Å². The quantitative estimate of drug-likeness (QED) is 0.751. The van der Waals surface area contributed by atoms with Gasteiger partial charge in [-0.3, -0.25) is 0 Å². The van der Waals surface area contributed by atoms with Crippen molar-refractivity contribution in [3.8, 4) is 11.3 Å². The summed E-state index contributed by atoms with van der Waals surface area (Å²) < 4.78 is 13.1. The van der Waals surface area contributed by atoms with Crippen LogP contribution >= 0.6 is 0 Å². The summed E-state index contributed by atoms with van der Waals surface area (Å²) in [5.41, 5.74) is 1.66. The molecule has 5 rings (SSSR count). The molecule has 29 heavy (non-hydrogen) atoms. The minimum Gasteiger partial charge on any atom is -0.366 e. The SMILES string of the molecule is Fc1ccc(-c2ccc(NC3C[C@@H]4CN(CC5CCCCC5)C[C@@H]4C3)nn2)cc1.[HH]. The van der Waals surface area contributed by atoms with Crippen molar-refractivity contribution in [2.75, 3.05) is 25.0 Å². The second kappa shape index (κ2) is 8.39. The maximum absolute atomic E-state index is 13.1. The molecule has 0 spiro atoms. The van der Waals surface area contributed by atoms with Crippen LogP contribution in [0.25, 0.3) is 11.3 Å². The van der Waals surface area contributed by atoms with Crippen molar-refractivity contribution >= 4 is 5.82 Å². The zero-order chi connectivity index (χ0) is 19.6. The molecule has 1 saturated heterocycles. The molecule has 0 bridgehead atoms. The van der Waals surface area contributed by atoms with Crippen molar-refractivity contribution in [1.29, 1.82) is 0 Å². The first-order valence-electron chi connectivity index (χ1n) is 11.3. The van der Waals surface area contributed by atoms with Crippen LogP contribution < -0.4 is 5.32 Å². The Labute approximate surface area is 174 Å². The van der Waals surface area contributed by atoms with E-state index in [0.29, 0.717) is 6.04 Å². The van der Waals surface area contributed by atoms with E-state index in [0.717, 1.165) is 34.8 Å². The standard InChI is InChI=1S/C24H31FN4.H2/c25-21-8-6-18(7-9-21)23-10-11-24(28-27-23)26-22-12-19-15-29(16-20(19)13-22)14-17-4-2-1-3-5-17;/h6-11,17,19-20,22H,1-5,12-16H2,(H,26,28);1H/t19-,20+,22?;. The lowest BCUT2D eigenvalue weighted by atomic mass is 9.89. The molecule has 3 fully saturated rings. The Bertz CT molecular complexity index is 793. The summed E-state index contributed by atoms with van der Waals surface area (Å²) in [7, 11) is 0. The number of anilines is 1. The third-order valence-electron chi connectivity index (χ3n) is 7.22. The van der Waals surface area contributed by atoms with Crippen molar-refractivity contribution in [2.45, 2.75) is 51.0 Å². The summed E-state index contributed by atoms with van der Waals surface area (Å²) in [5, 5.41) is 12.3. The minimum absolute atomic E-state index is 0. The Hall–Kier alpha value is -2.01. The second-order valence-electron chi connectivity index (χ2n) is 9.37. The number of rotatable bonds is 5. The van der Waals surface area contributed by atoms with E-state index in [1.54, 1.807) is 12.1 Å². The molecule has 0 amide bonds. The van der Waals surface area contributed by atoms with Crippen LogP contribution in [0.4, 0.5) is 10.2 Å². The molecule has 1 N–H and O–H groups in total. The lowest BCUT2D eigenvalue weighted by Crippen LogP contribution is -2.30. The maximum Gasteiger partial charge on any atom is 0.148 e. The molecule has 2 aliphatic carbocycles. The maximum atomic E-state index is 13.1. The average molecular weight is 397 g/mol. The third-order valence-corrected chi connectivity index (χ3v) is 7.22. The van der Waals surface area contributed by atoms with Crippen LogP contribution in [-0.4, -0.2) is 40.8 Å². The smallest absolute Gasteiger partial charge is 0.148 e. The normalized spacial score (nSPS) is 27.8. The Balaban J connectivity index is 0.00000218. The lowest BCUT2D eigenvalue weighted by molar-refractivity contribution is 0.221. The van der Waals surface area contributed by atoms with Gasteiger partial charge in [0.05, 0.1) is 5.69 Å². The number of fused-ring (bicyclic) bond motifs is 1. The van der Waals surface area contributed by atoms with E-state index in [2.05, 4.69) is 20.4 Å². The zero-order valence-corrected chi connectivity index (χ0v) is 17.1. The topological polar surface area (TPSA) is 41.0 Å². The number of benzene rings is 1. The van der Waals surface area contributed by atoms with Gasteiger partial charge < -0.3 is 10.2 Å². The van der Waals surface area contributed by atoms with Crippen LogP contribution in [0.1, 0.15) is 46.4 Å². The monoisotopic (exact) mass is 396 g/mol. The fourth-order valence-electron chi connectivity index (χ4n) is 5.79. The zero-order valence-electron chi connectivity index (χ0n) is 17.1. The van der Waals surface area contributed by atoms with Gasteiger partial charge in [-0.2, -0.15) is 0 Å². The van der Waals surface area contributed by atoms with E-state index in [9.17, 15) is 4.39 Å². The highest BCUT2D eigenvalue weighted by molar-refractivity contribution is 5.59. The van der Waals surface area contributed by atoms with Crippen LogP contribution in [0.2, 0.25) is 0 Å². The highest BCUT2D eigenvalue weighted by Crippen LogP contribution is 2.40. The molecule has 5 heteroatoms. The second-order valence-corrected chi connectivity index (χ2v) is 9.37. The van der Waals surface area contributed by atoms with Crippen LogP contribution in [0.15, 0.2) is 36.4 Å². The minimum atomic E-state index is -0.232. The predicted molar refractivity (Wildman–Crippen MR) is 116 cm³/mol. The first kappa shape index (κ1) is 19.0. The highest BCUT2D eigenvalue weighted by Gasteiger charge is 2.41. The molecule has 2 saturated carbocycles. The van der Waals surface area contributed by atoms with Gasteiger partial charge in [-0.05, 0) is 79.8 Å². The summed E-state index contributed by atoms with van der Waals surface area (Å²) in [6.07, 6.45) is 9.71.